The number of nitrogens with one attached hydrogen (secondary N) is 2. The highest BCUT2D eigenvalue weighted by Crippen LogP contribution is 2.40. The first-order chi connectivity index (χ1) is 15.5. The van der Waals surface area contributed by atoms with Crippen LogP contribution in [0, 0.1) is 13.8 Å². The number of aromatic nitrogens is 2. The lowest BCUT2D eigenvalue weighted by Gasteiger charge is -2.17. The molecule has 1 amide bonds. The van der Waals surface area contributed by atoms with Crippen LogP contribution in [-0.2, 0) is 4.79 Å². The van der Waals surface area contributed by atoms with Crippen LogP contribution < -0.4 is 10.6 Å². The molecule has 7 heteroatoms. The highest BCUT2D eigenvalue weighted by molar-refractivity contribution is 7.19. The van der Waals surface area contributed by atoms with Crippen molar-refractivity contribution in [3.8, 4) is 11.1 Å². The lowest BCUT2D eigenvalue weighted by molar-refractivity contribution is -0.120. The zero-order valence-corrected chi connectivity index (χ0v) is 20.5. The Morgan fingerprint density at radius 3 is 2.50 bits per heavy atom. The van der Waals surface area contributed by atoms with Gasteiger partial charge in [-0.15, -0.1) is 11.3 Å². The zero-order chi connectivity index (χ0) is 22.9. The molecule has 2 heterocycles. The number of thiophene rings is 1. The molecule has 3 aromatic rings. The van der Waals surface area contributed by atoms with Crippen LogP contribution in [0.15, 0.2) is 30.6 Å². The average Bonchev–Trinajstić information content (AvgIpc) is 3.13. The molecule has 0 saturated carbocycles. The van der Waals surface area contributed by atoms with E-state index >= 15 is 0 Å². The second-order valence-corrected chi connectivity index (χ2v) is 9.27. The molecule has 3 rings (SSSR count). The Hall–Kier alpha value is -2.51. The molecule has 0 aliphatic heterocycles. The minimum atomic E-state index is 0.0749. The van der Waals surface area contributed by atoms with E-state index in [0.717, 1.165) is 55.1 Å². The van der Waals surface area contributed by atoms with E-state index < -0.39 is 0 Å². The Balaban J connectivity index is 1.55. The molecule has 0 aliphatic rings. The number of anilines is 1. The van der Waals surface area contributed by atoms with Crippen molar-refractivity contribution < 1.29 is 4.79 Å². The summed E-state index contributed by atoms with van der Waals surface area (Å²) in [6, 6.07) is 8.55. The number of unbranched alkanes of at least 4 members (excludes halogenated alkanes) is 1. The Morgan fingerprint density at radius 2 is 1.78 bits per heavy atom. The van der Waals surface area contributed by atoms with Gasteiger partial charge in [0.25, 0.3) is 0 Å². The Morgan fingerprint density at radius 1 is 1.03 bits per heavy atom. The Labute approximate surface area is 195 Å². The fourth-order valence-corrected chi connectivity index (χ4v) is 4.87. The minimum Gasteiger partial charge on any atom is -0.369 e. The van der Waals surface area contributed by atoms with Crippen LogP contribution in [0.4, 0.5) is 5.82 Å². The van der Waals surface area contributed by atoms with Crippen molar-refractivity contribution in [2.75, 3.05) is 38.0 Å². The molecule has 0 saturated heterocycles. The summed E-state index contributed by atoms with van der Waals surface area (Å²) in [6.45, 7) is 13.1. The molecule has 1 aromatic carbocycles. The monoisotopic (exact) mass is 453 g/mol. The van der Waals surface area contributed by atoms with E-state index in [4.69, 9.17) is 0 Å². The average molecular weight is 454 g/mol. The number of amides is 1. The number of hydrogen-bond donors (Lipinski definition) is 2. The second-order valence-electron chi connectivity index (χ2n) is 8.06. The van der Waals surface area contributed by atoms with Gasteiger partial charge in [0, 0.05) is 30.0 Å². The maximum absolute atomic E-state index is 12.2. The summed E-state index contributed by atoms with van der Waals surface area (Å²) in [6.07, 6.45) is 4.13. The van der Waals surface area contributed by atoms with Crippen molar-refractivity contribution >= 4 is 33.3 Å². The van der Waals surface area contributed by atoms with E-state index in [1.165, 1.54) is 21.6 Å². The van der Waals surface area contributed by atoms with E-state index in [-0.39, 0.29) is 5.91 Å². The summed E-state index contributed by atoms with van der Waals surface area (Å²) >= 11 is 1.68. The van der Waals surface area contributed by atoms with E-state index in [1.807, 2.05) is 0 Å². The van der Waals surface area contributed by atoms with Gasteiger partial charge in [0.1, 0.15) is 17.0 Å². The SMILES string of the molecule is CCN(CC)CCCCNC(=O)CCNc1ncnc2sc(C)c(-c3ccc(C)cc3)c12. The molecule has 2 N–H and O–H groups in total. The fourth-order valence-electron chi connectivity index (χ4n) is 3.86. The minimum absolute atomic E-state index is 0.0749. The topological polar surface area (TPSA) is 70.2 Å². The number of aryl methyl sites for hydroxylation is 2. The third-order valence-electron chi connectivity index (χ3n) is 5.77. The molecule has 0 bridgehead atoms. The number of hydrogen-bond acceptors (Lipinski definition) is 6. The molecule has 0 aliphatic carbocycles. The summed E-state index contributed by atoms with van der Waals surface area (Å²) in [4.78, 5) is 25.8. The van der Waals surface area contributed by atoms with Gasteiger partial charge in [-0.05, 0) is 51.9 Å². The summed E-state index contributed by atoms with van der Waals surface area (Å²) in [5.74, 6) is 0.868. The standard InChI is InChI=1S/C25H35N5OS/c1-5-30(6-2)16-8-7-14-26-21(31)13-15-27-24-23-22(20-11-9-18(3)10-12-20)19(4)32-25(23)29-17-28-24/h9-12,17H,5-8,13-16H2,1-4H3,(H,26,31)(H,27,28,29). The van der Waals surface area contributed by atoms with Gasteiger partial charge >= 0.3 is 0 Å². The van der Waals surface area contributed by atoms with E-state index in [0.29, 0.717) is 13.0 Å². The van der Waals surface area contributed by atoms with Crippen LogP contribution in [0.3, 0.4) is 0 Å². The summed E-state index contributed by atoms with van der Waals surface area (Å²) in [5, 5.41) is 7.45. The van der Waals surface area contributed by atoms with Crippen LogP contribution in [0.25, 0.3) is 21.3 Å². The molecule has 0 atom stereocenters. The second kappa shape index (κ2) is 11.9. The largest absolute Gasteiger partial charge is 0.369 e. The summed E-state index contributed by atoms with van der Waals surface area (Å²) in [5.41, 5.74) is 3.57. The molecular weight excluding hydrogens is 418 g/mol. The smallest absolute Gasteiger partial charge is 0.221 e. The lowest BCUT2D eigenvalue weighted by Crippen LogP contribution is -2.28. The number of fused-ring (bicyclic) bond motifs is 1. The van der Waals surface area contributed by atoms with Gasteiger partial charge in [0.05, 0.1) is 5.39 Å². The highest BCUT2D eigenvalue weighted by atomic mass is 32.1. The Bertz CT molecular complexity index is 1010. The van der Waals surface area contributed by atoms with Crippen LogP contribution in [-0.4, -0.2) is 53.5 Å². The highest BCUT2D eigenvalue weighted by Gasteiger charge is 2.16. The molecule has 32 heavy (non-hydrogen) atoms. The van der Waals surface area contributed by atoms with Crippen LogP contribution in [0.2, 0.25) is 0 Å². The van der Waals surface area contributed by atoms with Gasteiger partial charge in [-0.1, -0.05) is 43.7 Å². The van der Waals surface area contributed by atoms with Crippen molar-refractivity contribution in [3.63, 3.8) is 0 Å². The van der Waals surface area contributed by atoms with Crippen molar-refractivity contribution in [3.05, 3.63) is 41.0 Å². The first-order valence-electron chi connectivity index (χ1n) is 11.6. The van der Waals surface area contributed by atoms with Gasteiger partial charge in [0.15, 0.2) is 0 Å². The third-order valence-corrected chi connectivity index (χ3v) is 6.78. The fraction of sp³-hybridized carbons (Fsp3) is 0.480. The van der Waals surface area contributed by atoms with Crippen molar-refractivity contribution in [1.29, 1.82) is 0 Å². The number of rotatable bonds is 12. The summed E-state index contributed by atoms with van der Waals surface area (Å²) in [7, 11) is 0. The van der Waals surface area contributed by atoms with Gasteiger partial charge in [-0.2, -0.15) is 0 Å². The molecule has 2 aromatic heterocycles. The third kappa shape index (κ3) is 6.26. The Kier molecular flexibility index (Phi) is 9.00. The molecule has 6 nitrogen and oxygen atoms in total. The van der Waals surface area contributed by atoms with Gasteiger partial charge < -0.3 is 15.5 Å². The predicted octanol–water partition coefficient (Wildman–Crippen LogP) is 5.02. The molecule has 0 radical (unpaired) electrons. The van der Waals surface area contributed by atoms with Gasteiger partial charge in [0.2, 0.25) is 5.91 Å². The predicted molar refractivity (Wildman–Crippen MR) is 135 cm³/mol. The van der Waals surface area contributed by atoms with Crippen LogP contribution in [0.1, 0.15) is 43.6 Å². The van der Waals surface area contributed by atoms with Crippen LogP contribution >= 0.6 is 11.3 Å². The molecule has 0 unspecified atom stereocenters. The van der Waals surface area contributed by atoms with Crippen molar-refractivity contribution in [2.24, 2.45) is 0 Å². The first kappa shape index (κ1) is 24.1. The first-order valence-corrected chi connectivity index (χ1v) is 12.4. The van der Waals surface area contributed by atoms with E-state index in [1.54, 1.807) is 17.7 Å². The van der Waals surface area contributed by atoms with Crippen LogP contribution in [0.5, 0.6) is 0 Å². The van der Waals surface area contributed by atoms with Crippen molar-refractivity contribution in [2.45, 2.75) is 47.0 Å². The quantitative estimate of drug-likeness (QED) is 0.377. The molecule has 172 valence electrons. The number of nitrogens with zero attached hydrogens (tertiary/aromatic N) is 3. The van der Waals surface area contributed by atoms with Gasteiger partial charge in [-0.25, -0.2) is 9.97 Å². The van der Waals surface area contributed by atoms with E-state index in [9.17, 15) is 4.79 Å². The zero-order valence-electron chi connectivity index (χ0n) is 19.7. The number of carbonyl (C=O) groups excluding carboxylic acids is 1. The molecule has 0 spiro atoms. The summed E-state index contributed by atoms with van der Waals surface area (Å²) < 4.78 is 0. The molecular formula is C25H35N5OS. The van der Waals surface area contributed by atoms with Crippen molar-refractivity contribution in [1.82, 2.24) is 20.2 Å². The lowest BCUT2D eigenvalue weighted by atomic mass is 10.0. The maximum atomic E-state index is 12.2. The molecule has 0 fully saturated rings. The van der Waals surface area contributed by atoms with E-state index in [2.05, 4.69) is 77.5 Å². The number of benzene rings is 1. The number of carbonyl (C=O) groups is 1. The maximum Gasteiger partial charge on any atom is 0.221 e. The van der Waals surface area contributed by atoms with Gasteiger partial charge in [-0.3, -0.25) is 4.79 Å². The normalized spacial score (nSPS) is 11.3.